The first-order chi connectivity index (χ1) is 8.00. The van der Waals surface area contributed by atoms with Crippen molar-refractivity contribution in [1.82, 2.24) is 0 Å². The van der Waals surface area contributed by atoms with Crippen molar-refractivity contribution in [2.45, 2.75) is 0 Å². The van der Waals surface area contributed by atoms with E-state index in [-0.39, 0.29) is 60.3 Å². The van der Waals surface area contributed by atoms with Crippen molar-refractivity contribution in [1.29, 1.82) is 0 Å². The van der Waals surface area contributed by atoms with Gasteiger partial charge in [0.25, 0.3) is 0 Å². The smallest absolute Gasteiger partial charge is 0.822 e. The molecule has 23 heavy (non-hydrogen) atoms. The molecule has 0 atom stereocenters. The van der Waals surface area contributed by atoms with Crippen LogP contribution in [0.3, 0.4) is 0 Å². The first kappa shape index (κ1) is 44.7. The van der Waals surface area contributed by atoms with Gasteiger partial charge in [0.05, 0.1) is 0 Å². The second-order valence-corrected chi connectivity index (χ2v) is 5.37. The van der Waals surface area contributed by atoms with Crippen LogP contribution in [0.25, 0.3) is 0 Å². The van der Waals surface area contributed by atoms with E-state index in [9.17, 15) is 0 Å². The Morgan fingerprint density at radius 2 is 0.304 bits per heavy atom. The quantitative estimate of drug-likeness (QED) is 0.204. The van der Waals surface area contributed by atoms with Crippen LogP contribution in [0.15, 0.2) is 0 Å². The summed E-state index contributed by atoms with van der Waals surface area (Å²) in [6, 6.07) is 0. The zero-order valence-corrected chi connectivity index (χ0v) is 20.1. The molecule has 0 aromatic rings. The van der Waals surface area contributed by atoms with Crippen LogP contribution >= 0.6 is 31.3 Å². The van der Waals surface area contributed by atoms with E-state index in [0.29, 0.717) is 0 Å². The zero-order chi connectivity index (χ0) is 18.0. The van der Waals surface area contributed by atoms with Gasteiger partial charge in [0.1, 0.15) is 0 Å². The molecule has 0 saturated heterocycles. The summed E-state index contributed by atoms with van der Waals surface area (Å²) in [5, 5.41) is 0. The molecule has 0 spiro atoms. The summed E-state index contributed by atoms with van der Waals surface area (Å²) in [7, 11) is -21.6. The Morgan fingerprint density at radius 3 is 0.304 bits per heavy atom. The van der Waals surface area contributed by atoms with Crippen molar-refractivity contribution in [3.63, 3.8) is 0 Å². The number of phosphoric acid groups is 4. The van der Waals surface area contributed by atoms with Crippen LogP contribution < -0.4 is 58.7 Å². The molecule has 0 saturated carbocycles. The average Bonchev–Trinajstić information content (AvgIpc) is 1.62. The monoisotopic (exact) mass is 959 g/mol. The first-order valence-corrected chi connectivity index (χ1v) is 8.76. The third-order valence-electron chi connectivity index (χ3n) is 0. The molecule has 0 bridgehead atoms. The van der Waals surface area contributed by atoms with E-state index < -0.39 is 31.3 Å². The maximum absolute atomic E-state index is 8.55. The summed E-state index contributed by atoms with van der Waals surface area (Å²) in [6.45, 7) is 0. The second kappa shape index (κ2) is 19.2. The van der Waals surface area contributed by atoms with Crippen LogP contribution in [0.4, 0.5) is 0 Å². The van der Waals surface area contributed by atoms with E-state index in [4.69, 9.17) is 77.0 Å². The van der Waals surface area contributed by atoms with Gasteiger partial charge >= 0.3 is 60.3 Å². The van der Waals surface area contributed by atoms with Gasteiger partial charge in [-0.2, -0.15) is 31.3 Å². The van der Waals surface area contributed by atoms with Crippen molar-refractivity contribution in [2.24, 2.45) is 0 Å². The largest absolute Gasteiger partial charge is 4.00 e. The summed E-state index contributed by atoms with van der Waals surface area (Å²) in [6.07, 6.45) is 0. The van der Waals surface area contributed by atoms with Gasteiger partial charge in [-0.1, -0.05) is 0 Å². The molecule has 0 aliphatic carbocycles. The van der Waals surface area contributed by atoms with Crippen molar-refractivity contribution in [3.8, 4) is 0 Å². The Morgan fingerprint density at radius 1 is 0.304 bits per heavy atom. The summed E-state index contributed by atoms with van der Waals surface area (Å²) in [5.74, 6) is 0. The minimum Gasteiger partial charge on any atom is -0.822 e. The van der Waals surface area contributed by atoms with Crippen LogP contribution in [-0.2, 0) is 78.6 Å². The van der Waals surface area contributed by atoms with Crippen LogP contribution in [0, 0.1) is 0 Å². The van der Waals surface area contributed by atoms with Crippen molar-refractivity contribution in [3.05, 3.63) is 0 Å². The molecule has 0 aliphatic heterocycles. The minimum absolute atomic E-state index is 0. The van der Waals surface area contributed by atoms with Crippen LogP contribution in [0.5, 0.6) is 0 Å². The molecule has 0 fully saturated rings. The molecular formula is Ir3O16P4. The van der Waals surface area contributed by atoms with Crippen molar-refractivity contribution >= 4 is 31.3 Å². The molecular weight excluding hydrogens is 957 g/mol. The van der Waals surface area contributed by atoms with E-state index in [1.54, 1.807) is 0 Å². The molecule has 16 nitrogen and oxygen atoms in total. The topological polar surface area (TPSA) is 345 Å². The number of rotatable bonds is 0. The van der Waals surface area contributed by atoms with Gasteiger partial charge in [-0.3, -0.25) is 0 Å². The van der Waals surface area contributed by atoms with Crippen LogP contribution in [0.2, 0.25) is 0 Å². The standard InChI is InChI=1S/3Ir.4H3O4P/c;;;4*1-5(2,3)4/h;;;4*(H3,1,2,3,4)/q3*+4;;;;/p-12. The molecule has 0 aliphatic rings. The van der Waals surface area contributed by atoms with Crippen molar-refractivity contribution < 1.29 is 137 Å². The minimum atomic E-state index is -5.39. The molecule has 0 heterocycles. The van der Waals surface area contributed by atoms with Crippen LogP contribution in [-0.4, -0.2) is 0 Å². The molecule has 23 heteroatoms. The summed E-state index contributed by atoms with van der Waals surface area (Å²) < 4.78 is 34.2. The maximum Gasteiger partial charge on any atom is 4.00 e. The van der Waals surface area contributed by atoms with E-state index in [1.165, 1.54) is 0 Å². The van der Waals surface area contributed by atoms with E-state index in [2.05, 4.69) is 0 Å². The van der Waals surface area contributed by atoms with Gasteiger partial charge in [-0.15, -0.1) is 0 Å². The van der Waals surface area contributed by atoms with E-state index >= 15 is 0 Å². The van der Waals surface area contributed by atoms with Gasteiger partial charge in [0, 0.05) is 0 Å². The fourth-order valence-electron chi connectivity index (χ4n) is 0. The average molecular weight is 957 g/mol. The Kier molecular flexibility index (Phi) is 37.2. The number of hydrogen-bond donors (Lipinski definition) is 0. The van der Waals surface area contributed by atoms with Crippen molar-refractivity contribution in [2.75, 3.05) is 0 Å². The third-order valence-corrected chi connectivity index (χ3v) is 0. The van der Waals surface area contributed by atoms with Gasteiger partial charge in [-0.25, -0.2) is 0 Å². The fraction of sp³-hybridized carbons (Fsp3) is 0. The molecule has 0 aromatic carbocycles. The van der Waals surface area contributed by atoms with Gasteiger partial charge in [0.15, 0.2) is 0 Å². The number of hydrogen-bond acceptors (Lipinski definition) is 16. The predicted octanol–water partition coefficient (Wildman–Crippen LogP) is -11.3. The van der Waals surface area contributed by atoms with Gasteiger partial charge in [0.2, 0.25) is 0 Å². The summed E-state index contributed by atoms with van der Waals surface area (Å²) in [5.41, 5.74) is 0. The van der Waals surface area contributed by atoms with Crippen LogP contribution in [0.1, 0.15) is 0 Å². The van der Waals surface area contributed by atoms with Gasteiger partial charge in [-0.05, 0) is 0 Å². The fourth-order valence-corrected chi connectivity index (χ4v) is 0. The Balaban J connectivity index is -0.0000000284. The molecule has 0 aromatic heterocycles. The summed E-state index contributed by atoms with van der Waals surface area (Å²) in [4.78, 5) is 103. The van der Waals surface area contributed by atoms with E-state index in [0.717, 1.165) is 0 Å². The van der Waals surface area contributed by atoms with Gasteiger partial charge < -0.3 is 77.0 Å². The molecule has 143 valence electrons. The van der Waals surface area contributed by atoms with E-state index in [1.807, 2.05) is 0 Å². The first-order valence-electron chi connectivity index (χ1n) is 2.92. The predicted molar refractivity (Wildman–Crippen MR) is 30.4 cm³/mol. The normalized spacial score (nSPS) is 10.3. The summed E-state index contributed by atoms with van der Waals surface area (Å²) >= 11 is 0. The SMILES string of the molecule is O=P([O-])([O-])[O-].O=P([O-])([O-])[O-].O=P([O-])([O-])[O-].O=P([O-])([O-])[O-].[Ir+4].[Ir+4].[Ir+4]. The Bertz CT molecular complexity index is 292. The Labute approximate surface area is 168 Å². The molecule has 3 radical (unpaired) electrons. The molecule has 0 amide bonds. The third kappa shape index (κ3) is 2140. The Hall–Kier alpha value is 2.39. The second-order valence-electron chi connectivity index (χ2n) is 1.79. The molecule has 0 rings (SSSR count). The maximum atomic E-state index is 8.55. The molecule has 0 N–H and O–H groups in total. The zero-order valence-electron chi connectivity index (χ0n) is 9.32. The molecule has 0 unspecified atom stereocenters.